The van der Waals surface area contributed by atoms with Crippen molar-refractivity contribution in [2.24, 2.45) is 5.73 Å². The van der Waals surface area contributed by atoms with Crippen LogP contribution in [0.1, 0.15) is 38.5 Å². The van der Waals surface area contributed by atoms with E-state index in [9.17, 15) is 0 Å². The van der Waals surface area contributed by atoms with Crippen molar-refractivity contribution >= 4 is 27.0 Å². The molecule has 0 bridgehead atoms. The fraction of sp³-hybridized carbons (Fsp3) is 0.500. The van der Waals surface area contributed by atoms with Crippen molar-refractivity contribution in [3.8, 4) is 0 Å². The molecule has 2 unspecified atom stereocenters. The molecule has 1 aromatic heterocycles. The lowest BCUT2D eigenvalue weighted by molar-refractivity contribution is 0.226. The van der Waals surface area contributed by atoms with Gasteiger partial charge in [0.25, 0.3) is 0 Å². The zero-order valence-corrected chi connectivity index (χ0v) is 12.0. The Morgan fingerprint density at radius 2 is 2.28 bits per heavy atom. The maximum Gasteiger partial charge on any atom is 0.202 e. The van der Waals surface area contributed by atoms with Crippen molar-refractivity contribution in [2.75, 3.05) is 0 Å². The molecule has 1 aromatic carbocycles. The van der Waals surface area contributed by atoms with E-state index in [1.807, 2.05) is 18.2 Å². The number of hydrogen-bond acceptors (Lipinski definition) is 3. The van der Waals surface area contributed by atoms with E-state index >= 15 is 0 Å². The number of halogens is 1. The molecule has 3 nitrogen and oxygen atoms in total. The Morgan fingerprint density at radius 3 is 3.06 bits per heavy atom. The number of hydrogen-bond donors (Lipinski definition) is 1. The summed E-state index contributed by atoms with van der Waals surface area (Å²) in [5, 5.41) is 0. The van der Waals surface area contributed by atoms with Gasteiger partial charge in [0.05, 0.1) is 5.41 Å². The van der Waals surface area contributed by atoms with Gasteiger partial charge in [-0.2, -0.15) is 0 Å². The van der Waals surface area contributed by atoms with E-state index in [-0.39, 0.29) is 11.5 Å². The Balaban J connectivity index is 2.07. The average Bonchev–Trinajstić information content (AvgIpc) is 2.76. The first kappa shape index (κ1) is 12.2. The molecule has 1 aliphatic carbocycles. The van der Waals surface area contributed by atoms with E-state index in [0.717, 1.165) is 34.3 Å². The number of nitrogens with zero attached hydrogens (tertiary/aromatic N) is 1. The molecule has 0 radical (unpaired) electrons. The lowest BCUT2D eigenvalue weighted by Crippen LogP contribution is -2.45. The molecule has 18 heavy (non-hydrogen) atoms. The summed E-state index contributed by atoms with van der Waals surface area (Å²) in [6.45, 7) is 2.18. The summed E-state index contributed by atoms with van der Waals surface area (Å²) in [5.74, 6) is 0.794. The summed E-state index contributed by atoms with van der Waals surface area (Å²) >= 11 is 3.46. The minimum atomic E-state index is -0.121. The molecular weight excluding hydrogens is 292 g/mol. The Labute approximate surface area is 115 Å². The van der Waals surface area contributed by atoms with E-state index in [0.29, 0.717) is 0 Å². The molecule has 1 aliphatic rings. The van der Waals surface area contributed by atoms with Gasteiger partial charge in [0.2, 0.25) is 5.89 Å². The Morgan fingerprint density at radius 1 is 1.44 bits per heavy atom. The first-order chi connectivity index (χ1) is 8.59. The highest BCUT2D eigenvalue weighted by atomic mass is 79.9. The van der Waals surface area contributed by atoms with Gasteiger partial charge in [-0.1, -0.05) is 28.8 Å². The summed E-state index contributed by atoms with van der Waals surface area (Å²) in [6.07, 6.45) is 4.52. The summed E-state index contributed by atoms with van der Waals surface area (Å²) < 4.78 is 6.95. The lowest BCUT2D eigenvalue weighted by atomic mass is 9.72. The van der Waals surface area contributed by atoms with Crippen molar-refractivity contribution in [1.29, 1.82) is 0 Å². The van der Waals surface area contributed by atoms with E-state index in [2.05, 4.69) is 27.8 Å². The zero-order chi connectivity index (χ0) is 12.8. The smallest absolute Gasteiger partial charge is 0.202 e. The minimum Gasteiger partial charge on any atom is -0.440 e. The second kappa shape index (κ2) is 4.35. The topological polar surface area (TPSA) is 52.0 Å². The molecule has 1 fully saturated rings. The van der Waals surface area contributed by atoms with Crippen molar-refractivity contribution in [2.45, 2.75) is 44.1 Å². The van der Waals surface area contributed by atoms with Crippen LogP contribution in [0.15, 0.2) is 27.1 Å². The van der Waals surface area contributed by atoms with E-state index in [1.54, 1.807) is 0 Å². The monoisotopic (exact) mass is 308 g/mol. The molecule has 0 amide bonds. The average molecular weight is 309 g/mol. The van der Waals surface area contributed by atoms with Crippen LogP contribution in [0.4, 0.5) is 0 Å². The third kappa shape index (κ3) is 1.88. The van der Waals surface area contributed by atoms with Gasteiger partial charge in [-0.25, -0.2) is 4.98 Å². The SMILES string of the molecule is CC1(c2nc3cc(Br)ccc3o2)CCCCC1N. The van der Waals surface area contributed by atoms with E-state index < -0.39 is 0 Å². The standard InChI is InChI=1S/C14H17BrN2O/c1-14(7-3-2-4-12(14)16)13-17-10-8-9(15)5-6-11(10)18-13/h5-6,8,12H,2-4,7,16H2,1H3. The molecule has 2 aromatic rings. The molecule has 4 heteroatoms. The van der Waals surface area contributed by atoms with Gasteiger partial charge in [0.15, 0.2) is 5.58 Å². The molecule has 96 valence electrons. The number of rotatable bonds is 1. The number of benzene rings is 1. The summed E-state index contributed by atoms with van der Waals surface area (Å²) in [6, 6.07) is 6.05. The number of oxazole rings is 1. The predicted molar refractivity (Wildman–Crippen MR) is 75.5 cm³/mol. The van der Waals surface area contributed by atoms with Gasteiger partial charge < -0.3 is 10.2 Å². The highest BCUT2D eigenvalue weighted by Gasteiger charge is 2.40. The molecule has 1 saturated carbocycles. The molecule has 3 rings (SSSR count). The molecule has 1 heterocycles. The molecular formula is C14H17BrN2O. The van der Waals surface area contributed by atoms with Crippen molar-refractivity contribution in [1.82, 2.24) is 4.98 Å². The van der Waals surface area contributed by atoms with Gasteiger partial charge in [-0.05, 0) is 38.0 Å². The Bertz CT molecular complexity index is 580. The fourth-order valence-electron chi connectivity index (χ4n) is 2.77. The van der Waals surface area contributed by atoms with Crippen LogP contribution in [-0.4, -0.2) is 11.0 Å². The number of aromatic nitrogens is 1. The molecule has 0 spiro atoms. The van der Waals surface area contributed by atoms with E-state index in [1.165, 1.54) is 12.8 Å². The number of fused-ring (bicyclic) bond motifs is 1. The highest BCUT2D eigenvalue weighted by Crippen LogP contribution is 2.39. The maximum absolute atomic E-state index is 6.29. The van der Waals surface area contributed by atoms with Crippen molar-refractivity contribution < 1.29 is 4.42 Å². The largest absolute Gasteiger partial charge is 0.440 e. The summed E-state index contributed by atoms with van der Waals surface area (Å²) in [7, 11) is 0. The van der Waals surface area contributed by atoms with Crippen LogP contribution in [0, 0.1) is 0 Å². The van der Waals surface area contributed by atoms with Crippen LogP contribution in [0.3, 0.4) is 0 Å². The maximum atomic E-state index is 6.29. The molecule has 2 N–H and O–H groups in total. The molecule has 2 atom stereocenters. The van der Waals surface area contributed by atoms with Crippen molar-refractivity contribution in [3.63, 3.8) is 0 Å². The normalized spacial score (nSPS) is 28.7. The first-order valence-corrected chi connectivity index (χ1v) is 7.21. The zero-order valence-electron chi connectivity index (χ0n) is 10.4. The third-order valence-corrected chi connectivity index (χ3v) is 4.61. The van der Waals surface area contributed by atoms with Crippen LogP contribution < -0.4 is 5.73 Å². The Kier molecular flexibility index (Phi) is 2.94. The minimum absolute atomic E-state index is 0.121. The van der Waals surface area contributed by atoms with Crippen LogP contribution in [-0.2, 0) is 5.41 Å². The molecule has 0 aliphatic heterocycles. The fourth-order valence-corrected chi connectivity index (χ4v) is 3.12. The van der Waals surface area contributed by atoms with Crippen molar-refractivity contribution in [3.05, 3.63) is 28.6 Å². The first-order valence-electron chi connectivity index (χ1n) is 6.42. The van der Waals surface area contributed by atoms with Gasteiger partial charge in [-0.15, -0.1) is 0 Å². The van der Waals surface area contributed by atoms with Crippen LogP contribution in [0.5, 0.6) is 0 Å². The Hall–Kier alpha value is -0.870. The summed E-state index contributed by atoms with van der Waals surface area (Å²) in [4.78, 5) is 4.64. The van der Waals surface area contributed by atoms with Crippen LogP contribution in [0.2, 0.25) is 0 Å². The van der Waals surface area contributed by atoms with Gasteiger partial charge in [0.1, 0.15) is 5.52 Å². The van der Waals surface area contributed by atoms with Crippen LogP contribution >= 0.6 is 15.9 Å². The lowest BCUT2D eigenvalue weighted by Gasteiger charge is -2.36. The molecule has 0 saturated heterocycles. The second-order valence-electron chi connectivity index (χ2n) is 5.40. The highest BCUT2D eigenvalue weighted by molar-refractivity contribution is 9.10. The van der Waals surface area contributed by atoms with Crippen LogP contribution in [0.25, 0.3) is 11.1 Å². The van der Waals surface area contributed by atoms with Gasteiger partial charge in [-0.3, -0.25) is 0 Å². The van der Waals surface area contributed by atoms with Gasteiger partial charge in [0, 0.05) is 10.5 Å². The van der Waals surface area contributed by atoms with E-state index in [4.69, 9.17) is 10.2 Å². The number of nitrogens with two attached hydrogens (primary N) is 1. The second-order valence-corrected chi connectivity index (χ2v) is 6.32. The third-order valence-electron chi connectivity index (χ3n) is 4.12. The summed E-state index contributed by atoms with van der Waals surface area (Å²) in [5.41, 5.74) is 7.91. The quantitative estimate of drug-likeness (QED) is 0.873. The predicted octanol–water partition coefficient (Wildman–Crippen LogP) is 3.75. The van der Waals surface area contributed by atoms with Gasteiger partial charge >= 0.3 is 0 Å².